The van der Waals surface area contributed by atoms with E-state index in [-0.39, 0.29) is 34.7 Å². The van der Waals surface area contributed by atoms with Crippen molar-refractivity contribution in [1.82, 2.24) is 9.80 Å². The van der Waals surface area contributed by atoms with Gasteiger partial charge < -0.3 is 24.4 Å². The lowest BCUT2D eigenvalue weighted by molar-refractivity contribution is -0.151. The predicted octanol–water partition coefficient (Wildman–Crippen LogP) is 8.71. The van der Waals surface area contributed by atoms with Crippen LogP contribution in [0.4, 0.5) is 0 Å². The molecule has 0 spiro atoms. The van der Waals surface area contributed by atoms with Crippen molar-refractivity contribution in [1.29, 1.82) is 0 Å². The largest absolute Gasteiger partial charge is 0.390 e. The van der Waals surface area contributed by atoms with Crippen LogP contribution in [0.25, 0.3) is 0 Å². The molecule has 280 valence electrons. The Labute approximate surface area is 297 Å². The monoisotopic (exact) mass is 675 g/mol. The lowest BCUT2D eigenvalue weighted by Gasteiger charge is -2.50. The first-order chi connectivity index (χ1) is 22.4. The predicted molar refractivity (Wildman–Crippen MR) is 201 cm³/mol. The Morgan fingerprint density at radius 2 is 1.52 bits per heavy atom. The highest BCUT2D eigenvalue weighted by molar-refractivity contribution is 5.81. The van der Waals surface area contributed by atoms with Gasteiger partial charge in [-0.3, -0.25) is 4.79 Å². The van der Waals surface area contributed by atoms with Gasteiger partial charge >= 0.3 is 0 Å². The normalized spacial score (nSPS) is 48.0. The quantitative estimate of drug-likeness (QED) is 0.315. The number of allylic oxidation sites excluding steroid dienone is 1. The molecule has 4 rings (SSSR count). The van der Waals surface area contributed by atoms with Gasteiger partial charge in [0.25, 0.3) is 0 Å². The lowest BCUT2D eigenvalue weighted by atomic mass is 9.59. The molecule has 6 heteroatoms. The van der Waals surface area contributed by atoms with Gasteiger partial charge in [-0.1, -0.05) is 82.2 Å². The van der Waals surface area contributed by atoms with E-state index in [2.05, 4.69) is 92.7 Å². The summed E-state index contributed by atoms with van der Waals surface area (Å²) in [6, 6.07) is 0.793. The Balaban J connectivity index is 0.00000307. The molecule has 2 bridgehead atoms. The van der Waals surface area contributed by atoms with Crippen LogP contribution in [0.1, 0.15) is 128 Å². The highest BCUT2D eigenvalue weighted by atomic mass is 16.5. The molecular formula is C42H78N2O4. The van der Waals surface area contributed by atoms with E-state index in [4.69, 9.17) is 9.47 Å². The van der Waals surface area contributed by atoms with E-state index >= 15 is 0 Å². The zero-order valence-electron chi connectivity index (χ0n) is 34.1. The SMILES string of the molecule is C=C1C[C@@]2(C)C3C(C)C([C@H](C)C[C@@](C)(OC)[C@H](C)[C@@H](C)[C@H](C[C@@H]4CC(C)[C@H](O)[C@](C)(OC)C4)C(C)C(=O)C[C@@H]2CC)N(C)CCN13.CC. The maximum atomic E-state index is 14.7. The van der Waals surface area contributed by atoms with Gasteiger partial charge in [-0.2, -0.15) is 0 Å². The summed E-state index contributed by atoms with van der Waals surface area (Å²) in [7, 11) is 5.97. The fraction of sp³-hybridized carbons (Fsp3) is 0.929. The van der Waals surface area contributed by atoms with Crippen LogP contribution in [0.3, 0.4) is 0 Å². The van der Waals surface area contributed by atoms with Crippen LogP contribution in [0.2, 0.25) is 0 Å². The molecule has 0 aromatic carbocycles. The summed E-state index contributed by atoms with van der Waals surface area (Å²) in [6.45, 7) is 34.0. The number of nitrogens with zero attached hydrogens (tertiary/aromatic N) is 2. The molecule has 0 amide bonds. The van der Waals surface area contributed by atoms with Crippen molar-refractivity contribution in [3.63, 3.8) is 0 Å². The van der Waals surface area contributed by atoms with Crippen LogP contribution in [0.5, 0.6) is 0 Å². The topological polar surface area (TPSA) is 62.2 Å². The highest BCUT2D eigenvalue weighted by Crippen LogP contribution is 2.55. The number of methoxy groups -OCH3 is 2. The molecule has 0 aromatic heterocycles. The minimum atomic E-state index is -0.555. The number of fused-ring (bicyclic) bond motifs is 1. The van der Waals surface area contributed by atoms with E-state index in [1.54, 1.807) is 7.11 Å². The first-order valence-corrected chi connectivity index (χ1v) is 19.8. The smallest absolute Gasteiger partial charge is 0.136 e. The molecule has 2 aliphatic heterocycles. The van der Waals surface area contributed by atoms with Crippen molar-refractivity contribution in [3.8, 4) is 0 Å². The number of carbonyl (C=O) groups excluding carboxylic acids is 1. The number of aliphatic hydroxyl groups is 1. The van der Waals surface area contributed by atoms with E-state index < -0.39 is 11.7 Å². The molecule has 1 N–H and O–H groups in total. The van der Waals surface area contributed by atoms with Crippen LogP contribution < -0.4 is 0 Å². The number of Topliss-reactive ketones (excluding diaryl/α,β-unsaturated/α-hetero) is 1. The second-order valence-corrected chi connectivity index (χ2v) is 17.8. The zero-order valence-corrected chi connectivity index (χ0v) is 34.1. The van der Waals surface area contributed by atoms with Crippen molar-refractivity contribution in [2.75, 3.05) is 34.4 Å². The summed E-state index contributed by atoms with van der Waals surface area (Å²) in [5.74, 6) is 2.95. The second-order valence-electron chi connectivity index (χ2n) is 17.8. The number of likely N-dealkylation sites (N-methyl/N-ethyl adjacent to an activating group) is 1. The maximum absolute atomic E-state index is 14.7. The van der Waals surface area contributed by atoms with Crippen LogP contribution in [-0.2, 0) is 14.3 Å². The second kappa shape index (κ2) is 16.2. The van der Waals surface area contributed by atoms with E-state index in [9.17, 15) is 9.90 Å². The van der Waals surface area contributed by atoms with Crippen molar-refractivity contribution in [3.05, 3.63) is 12.3 Å². The van der Waals surface area contributed by atoms with Crippen LogP contribution in [0, 0.1) is 58.7 Å². The maximum Gasteiger partial charge on any atom is 0.136 e. The molecule has 48 heavy (non-hydrogen) atoms. The number of ether oxygens (including phenoxy) is 2. The lowest BCUT2D eigenvalue weighted by Crippen LogP contribution is -2.54. The van der Waals surface area contributed by atoms with Gasteiger partial charge in [0.1, 0.15) is 5.78 Å². The summed E-state index contributed by atoms with van der Waals surface area (Å²) < 4.78 is 12.5. The molecule has 2 saturated carbocycles. The molecule has 0 radical (unpaired) electrons. The van der Waals surface area contributed by atoms with Gasteiger partial charge in [0.2, 0.25) is 0 Å². The number of hydrogen-bond acceptors (Lipinski definition) is 6. The van der Waals surface area contributed by atoms with Crippen LogP contribution in [-0.4, -0.2) is 84.4 Å². The van der Waals surface area contributed by atoms with Gasteiger partial charge in [-0.05, 0) is 106 Å². The Morgan fingerprint density at radius 3 is 2.08 bits per heavy atom. The molecule has 2 saturated heterocycles. The molecule has 15 atom stereocenters. The van der Waals surface area contributed by atoms with E-state index in [1.807, 2.05) is 21.0 Å². The van der Waals surface area contributed by atoms with E-state index in [0.29, 0.717) is 53.9 Å². The number of hydrogen-bond donors (Lipinski definition) is 1. The van der Waals surface area contributed by atoms with Gasteiger partial charge in [-0.25, -0.2) is 0 Å². The van der Waals surface area contributed by atoms with E-state index in [0.717, 1.165) is 51.6 Å². The van der Waals surface area contributed by atoms with Gasteiger partial charge in [-0.15, -0.1) is 0 Å². The van der Waals surface area contributed by atoms with Crippen molar-refractivity contribution in [2.45, 2.75) is 157 Å². The average Bonchev–Trinajstić information content (AvgIpc) is 3.23. The Hall–Kier alpha value is -0.950. The summed E-state index contributed by atoms with van der Waals surface area (Å²) in [4.78, 5) is 19.9. The average molecular weight is 675 g/mol. The van der Waals surface area contributed by atoms with Gasteiger partial charge in [0, 0.05) is 57.4 Å². The standard InChI is InChI=1S/C40H72N2O4.C2H6/c1-15-32-20-34(43)28(6)33(19-31-18-24(2)37(44)40(11,23-31)46-14)27(5)30(8)39(10,45-13)21-25(3)35-29(7)36-38(32,9)22-26(4)42(36)17-16-41(35)12;1-2/h24-25,27-33,35-37,44H,4,15-23H2,1-3,5-14H3;1-2H3/t24?,25-,27-,28?,29?,30-,31+,32+,33+,35?,36?,37+,38-,39-,40-;/m1./s1. The first kappa shape index (κ1) is 41.5. The molecule has 4 aliphatic rings. The Kier molecular flexibility index (Phi) is 14.0. The molecule has 6 nitrogen and oxygen atoms in total. The molecule has 2 heterocycles. The van der Waals surface area contributed by atoms with Crippen LogP contribution >= 0.6 is 0 Å². The molecule has 4 fully saturated rings. The van der Waals surface area contributed by atoms with Gasteiger partial charge in [0.15, 0.2) is 0 Å². The summed E-state index contributed by atoms with van der Waals surface area (Å²) >= 11 is 0. The fourth-order valence-electron chi connectivity index (χ4n) is 12.1. The number of rotatable bonds is 5. The fourth-order valence-corrected chi connectivity index (χ4v) is 12.1. The third-order valence-corrected chi connectivity index (χ3v) is 15.1. The number of carbonyl (C=O) groups is 1. The van der Waals surface area contributed by atoms with Crippen molar-refractivity contribution >= 4 is 5.78 Å². The number of aliphatic hydroxyl groups excluding tert-OH is 1. The Morgan fingerprint density at radius 1 is 0.917 bits per heavy atom. The molecular weight excluding hydrogens is 596 g/mol. The molecule has 5 unspecified atom stereocenters. The number of ketones is 1. The Bertz CT molecular complexity index is 1080. The molecule has 2 aliphatic carbocycles. The summed E-state index contributed by atoms with van der Waals surface area (Å²) in [5, 5.41) is 11.1. The van der Waals surface area contributed by atoms with Crippen molar-refractivity contribution < 1.29 is 19.4 Å². The van der Waals surface area contributed by atoms with Crippen LogP contribution in [0.15, 0.2) is 12.3 Å². The minimum Gasteiger partial charge on any atom is -0.390 e. The van der Waals surface area contributed by atoms with Gasteiger partial charge in [0.05, 0.1) is 17.3 Å². The highest BCUT2D eigenvalue weighted by Gasteiger charge is 2.56. The third kappa shape index (κ3) is 7.63. The first-order valence-electron chi connectivity index (χ1n) is 19.8. The third-order valence-electron chi connectivity index (χ3n) is 15.1. The zero-order chi connectivity index (χ0) is 36.5. The van der Waals surface area contributed by atoms with Crippen molar-refractivity contribution in [2.24, 2.45) is 58.7 Å². The summed E-state index contributed by atoms with van der Waals surface area (Å²) in [6.07, 6.45) is 5.93. The molecule has 0 aromatic rings. The summed E-state index contributed by atoms with van der Waals surface area (Å²) in [5.41, 5.74) is 0.394. The minimum absolute atomic E-state index is 0.00206. The van der Waals surface area contributed by atoms with E-state index in [1.165, 1.54) is 5.70 Å².